The molecular formula is C21H25N5O2S. The number of aryl methyl sites for hydroxylation is 1. The molecule has 2 aromatic heterocycles. The molecule has 0 bridgehead atoms. The number of fused-ring (bicyclic) bond motifs is 1. The van der Waals surface area contributed by atoms with E-state index in [0.717, 1.165) is 64.5 Å². The Morgan fingerprint density at radius 1 is 1.28 bits per heavy atom. The third kappa shape index (κ3) is 4.23. The van der Waals surface area contributed by atoms with E-state index in [9.17, 15) is 0 Å². The van der Waals surface area contributed by atoms with Gasteiger partial charge in [-0.3, -0.25) is 0 Å². The summed E-state index contributed by atoms with van der Waals surface area (Å²) < 4.78 is 10.9. The van der Waals surface area contributed by atoms with E-state index in [0.29, 0.717) is 13.2 Å². The van der Waals surface area contributed by atoms with Crippen molar-refractivity contribution in [2.75, 3.05) is 38.3 Å². The largest absolute Gasteiger partial charge is 0.496 e. The lowest BCUT2D eigenvalue weighted by molar-refractivity contribution is 0.122. The average molecular weight is 412 g/mol. The molecule has 0 atom stereocenters. The molecule has 8 heteroatoms. The van der Waals surface area contributed by atoms with Crippen LogP contribution in [-0.4, -0.2) is 53.3 Å². The second-order valence-electron chi connectivity index (χ2n) is 6.73. The lowest BCUT2D eigenvalue weighted by Gasteiger charge is -2.28. The molecule has 1 N–H and O–H groups in total. The minimum Gasteiger partial charge on any atom is -0.496 e. The van der Waals surface area contributed by atoms with Gasteiger partial charge in [0, 0.05) is 30.8 Å². The van der Waals surface area contributed by atoms with E-state index in [4.69, 9.17) is 19.4 Å². The highest BCUT2D eigenvalue weighted by atomic mass is 32.2. The molecule has 1 aliphatic rings. The van der Waals surface area contributed by atoms with Crippen molar-refractivity contribution < 1.29 is 9.47 Å². The van der Waals surface area contributed by atoms with E-state index >= 15 is 0 Å². The molecule has 0 amide bonds. The third-order valence-electron chi connectivity index (χ3n) is 4.89. The molecule has 0 spiro atoms. The smallest absolute Gasteiger partial charge is 0.192 e. The van der Waals surface area contributed by atoms with Gasteiger partial charge in [-0.1, -0.05) is 37.4 Å². The van der Waals surface area contributed by atoms with E-state index in [2.05, 4.69) is 40.5 Å². The third-order valence-corrected chi connectivity index (χ3v) is 5.81. The van der Waals surface area contributed by atoms with Crippen molar-refractivity contribution in [2.24, 2.45) is 0 Å². The molecule has 0 radical (unpaired) electrons. The van der Waals surface area contributed by atoms with Crippen molar-refractivity contribution in [3.8, 4) is 5.75 Å². The SMILES string of the molecule is C=Cc1cc(CSc2nc(N3CCOCC3)c3[nH]c(CC)nc3n2)ccc1OC. The predicted octanol–water partition coefficient (Wildman–Crippen LogP) is 3.70. The first kappa shape index (κ1) is 19.7. The van der Waals surface area contributed by atoms with E-state index in [1.54, 1.807) is 18.9 Å². The Morgan fingerprint density at radius 2 is 2.10 bits per heavy atom. The average Bonchev–Trinajstić information content (AvgIpc) is 3.20. The van der Waals surface area contributed by atoms with Crippen LogP contribution in [0.3, 0.4) is 0 Å². The first-order valence-corrected chi connectivity index (χ1v) is 10.7. The fraction of sp³-hybridized carbons (Fsp3) is 0.381. The standard InChI is InChI=1S/C21H25N5O2S/c1-4-15-12-14(6-7-16(15)27-3)13-29-21-24-19-18(22-17(5-2)23-19)20(25-21)26-8-10-28-11-9-26/h4,6-7,12H,1,5,8-11,13H2,2-3H3,(H,22,23,24,25). The summed E-state index contributed by atoms with van der Waals surface area (Å²) in [6.07, 6.45) is 2.64. The monoisotopic (exact) mass is 411 g/mol. The Balaban J connectivity index is 1.62. The van der Waals surface area contributed by atoms with Crippen molar-refractivity contribution in [3.63, 3.8) is 0 Å². The van der Waals surface area contributed by atoms with Gasteiger partial charge in [0.1, 0.15) is 17.1 Å². The van der Waals surface area contributed by atoms with Crippen LogP contribution in [0.25, 0.3) is 17.2 Å². The summed E-state index contributed by atoms with van der Waals surface area (Å²) in [6.45, 7) is 9.00. The van der Waals surface area contributed by atoms with Crippen LogP contribution >= 0.6 is 11.8 Å². The number of nitrogens with zero attached hydrogens (tertiary/aromatic N) is 4. The molecule has 0 saturated carbocycles. The number of thioether (sulfide) groups is 1. The number of anilines is 1. The minimum atomic E-state index is 0.707. The summed E-state index contributed by atoms with van der Waals surface area (Å²) in [5.41, 5.74) is 3.78. The van der Waals surface area contributed by atoms with Gasteiger partial charge in [-0.05, 0) is 17.7 Å². The van der Waals surface area contributed by atoms with Gasteiger partial charge < -0.3 is 19.4 Å². The Morgan fingerprint density at radius 3 is 2.83 bits per heavy atom. The van der Waals surface area contributed by atoms with Crippen molar-refractivity contribution >= 4 is 34.8 Å². The van der Waals surface area contributed by atoms with Gasteiger partial charge in [-0.25, -0.2) is 15.0 Å². The fourth-order valence-electron chi connectivity index (χ4n) is 3.33. The molecule has 1 aromatic carbocycles. The van der Waals surface area contributed by atoms with Crippen LogP contribution in [0.15, 0.2) is 29.9 Å². The zero-order valence-corrected chi connectivity index (χ0v) is 17.6. The molecule has 0 aliphatic carbocycles. The van der Waals surface area contributed by atoms with Gasteiger partial charge in [-0.15, -0.1) is 0 Å². The normalized spacial score (nSPS) is 14.3. The molecule has 1 fully saturated rings. The zero-order valence-electron chi connectivity index (χ0n) is 16.8. The lowest BCUT2D eigenvalue weighted by Crippen LogP contribution is -2.37. The summed E-state index contributed by atoms with van der Waals surface area (Å²) in [7, 11) is 1.67. The van der Waals surface area contributed by atoms with Crippen LogP contribution in [0.5, 0.6) is 5.75 Å². The number of nitrogens with one attached hydrogen (secondary N) is 1. The van der Waals surface area contributed by atoms with Crippen LogP contribution in [0.2, 0.25) is 0 Å². The number of imidazole rings is 1. The predicted molar refractivity (Wildman–Crippen MR) is 117 cm³/mol. The van der Waals surface area contributed by atoms with Gasteiger partial charge in [0.05, 0.1) is 20.3 Å². The second-order valence-corrected chi connectivity index (χ2v) is 7.68. The molecule has 3 aromatic rings. The lowest BCUT2D eigenvalue weighted by atomic mass is 10.1. The zero-order chi connectivity index (χ0) is 20.2. The highest BCUT2D eigenvalue weighted by Crippen LogP contribution is 2.29. The maximum Gasteiger partial charge on any atom is 0.192 e. The van der Waals surface area contributed by atoms with E-state index < -0.39 is 0 Å². The molecule has 0 unspecified atom stereocenters. The molecule has 1 saturated heterocycles. The van der Waals surface area contributed by atoms with Gasteiger partial charge >= 0.3 is 0 Å². The fourth-order valence-corrected chi connectivity index (χ4v) is 4.11. The maximum absolute atomic E-state index is 5.50. The topological polar surface area (TPSA) is 76.2 Å². The van der Waals surface area contributed by atoms with Crippen LogP contribution < -0.4 is 9.64 Å². The number of rotatable bonds is 7. The summed E-state index contributed by atoms with van der Waals surface area (Å²) in [4.78, 5) is 19.8. The summed E-state index contributed by atoms with van der Waals surface area (Å²) in [6, 6.07) is 6.12. The number of aromatic nitrogens is 4. The number of H-pyrrole nitrogens is 1. The summed E-state index contributed by atoms with van der Waals surface area (Å²) in [5, 5.41) is 0.726. The number of hydrogen-bond donors (Lipinski definition) is 1. The summed E-state index contributed by atoms with van der Waals surface area (Å²) in [5.74, 6) is 3.42. The number of hydrogen-bond acceptors (Lipinski definition) is 7. The first-order valence-electron chi connectivity index (χ1n) is 9.73. The van der Waals surface area contributed by atoms with Gasteiger partial charge in [0.25, 0.3) is 0 Å². The van der Waals surface area contributed by atoms with Crippen molar-refractivity contribution in [2.45, 2.75) is 24.3 Å². The van der Waals surface area contributed by atoms with Crippen LogP contribution in [0, 0.1) is 0 Å². The van der Waals surface area contributed by atoms with Crippen LogP contribution in [0.4, 0.5) is 5.82 Å². The number of ether oxygens (including phenoxy) is 2. The maximum atomic E-state index is 5.50. The highest BCUT2D eigenvalue weighted by molar-refractivity contribution is 7.98. The van der Waals surface area contributed by atoms with E-state index in [-0.39, 0.29) is 0 Å². The molecule has 29 heavy (non-hydrogen) atoms. The Bertz CT molecular complexity index is 1010. The second kappa shape index (κ2) is 8.84. The van der Waals surface area contributed by atoms with Crippen molar-refractivity contribution in [1.29, 1.82) is 0 Å². The molecule has 3 heterocycles. The number of methoxy groups -OCH3 is 1. The van der Waals surface area contributed by atoms with Crippen molar-refractivity contribution in [1.82, 2.24) is 19.9 Å². The first-order chi connectivity index (χ1) is 14.2. The van der Waals surface area contributed by atoms with Crippen molar-refractivity contribution in [3.05, 3.63) is 41.7 Å². The highest BCUT2D eigenvalue weighted by Gasteiger charge is 2.20. The van der Waals surface area contributed by atoms with Crippen LogP contribution in [-0.2, 0) is 16.9 Å². The van der Waals surface area contributed by atoms with Gasteiger partial charge in [0.2, 0.25) is 0 Å². The molecule has 7 nitrogen and oxygen atoms in total. The number of benzene rings is 1. The minimum absolute atomic E-state index is 0.707. The Hall–Kier alpha value is -2.58. The number of morpholine rings is 1. The Labute approximate surface area is 174 Å². The number of aromatic amines is 1. The van der Waals surface area contributed by atoms with Crippen LogP contribution in [0.1, 0.15) is 23.9 Å². The Kier molecular flexibility index (Phi) is 6.01. The molecular weight excluding hydrogens is 386 g/mol. The summed E-state index contributed by atoms with van der Waals surface area (Å²) >= 11 is 1.61. The quantitative estimate of drug-likeness (QED) is 0.469. The van der Waals surface area contributed by atoms with E-state index in [1.807, 2.05) is 12.1 Å². The van der Waals surface area contributed by atoms with Gasteiger partial charge in [-0.2, -0.15) is 0 Å². The van der Waals surface area contributed by atoms with Gasteiger partial charge in [0.15, 0.2) is 16.6 Å². The molecule has 4 rings (SSSR count). The molecule has 152 valence electrons. The van der Waals surface area contributed by atoms with E-state index in [1.165, 1.54) is 5.56 Å². The molecule has 1 aliphatic heterocycles.